The highest BCUT2D eigenvalue weighted by molar-refractivity contribution is 8.00. The van der Waals surface area contributed by atoms with Crippen LogP contribution in [0, 0.1) is 13.8 Å². The van der Waals surface area contributed by atoms with Crippen LogP contribution in [0.4, 0.5) is 5.69 Å². The molecule has 138 valence electrons. The van der Waals surface area contributed by atoms with Crippen molar-refractivity contribution in [1.29, 1.82) is 0 Å². The van der Waals surface area contributed by atoms with Crippen molar-refractivity contribution in [3.63, 3.8) is 0 Å². The van der Waals surface area contributed by atoms with Crippen LogP contribution >= 0.6 is 11.8 Å². The molecule has 0 N–H and O–H groups in total. The fourth-order valence-electron chi connectivity index (χ4n) is 3.24. The topological polar surface area (TPSA) is 59.2 Å². The van der Waals surface area contributed by atoms with Crippen LogP contribution < -0.4 is 4.90 Å². The van der Waals surface area contributed by atoms with Gasteiger partial charge < -0.3 is 9.32 Å². The number of para-hydroxylation sites is 1. The zero-order chi connectivity index (χ0) is 19.0. The molecule has 0 fully saturated rings. The molecule has 27 heavy (non-hydrogen) atoms. The predicted octanol–water partition coefficient (Wildman–Crippen LogP) is 4.42. The predicted molar refractivity (Wildman–Crippen MR) is 107 cm³/mol. The molecule has 0 unspecified atom stereocenters. The van der Waals surface area contributed by atoms with E-state index < -0.39 is 0 Å². The normalized spacial score (nSPS) is 14.3. The highest BCUT2D eigenvalue weighted by Gasteiger charge is 2.29. The van der Waals surface area contributed by atoms with E-state index in [1.807, 2.05) is 48.2 Å². The van der Waals surface area contributed by atoms with Gasteiger partial charge in [0, 0.05) is 17.8 Å². The Hall–Kier alpha value is -2.60. The van der Waals surface area contributed by atoms with Crippen LogP contribution in [-0.4, -0.2) is 27.9 Å². The second-order valence-corrected chi connectivity index (χ2v) is 8.09. The van der Waals surface area contributed by atoms with E-state index in [-0.39, 0.29) is 11.2 Å². The summed E-state index contributed by atoms with van der Waals surface area (Å²) >= 11 is 1.30. The first-order valence-electron chi connectivity index (χ1n) is 9.00. The molecule has 1 aliphatic heterocycles. The average molecular weight is 379 g/mol. The van der Waals surface area contributed by atoms with E-state index >= 15 is 0 Å². The number of aromatic nitrogens is 2. The van der Waals surface area contributed by atoms with Gasteiger partial charge in [0.05, 0.1) is 5.25 Å². The van der Waals surface area contributed by atoms with Crippen molar-refractivity contribution in [3.8, 4) is 11.5 Å². The molecular weight excluding hydrogens is 358 g/mol. The summed E-state index contributed by atoms with van der Waals surface area (Å²) in [4.78, 5) is 14.7. The third-order valence-electron chi connectivity index (χ3n) is 4.94. The Morgan fingerprint density at radius 3 is 2.78 bits per heavy atom. The lowest BCUT2D eigenvalue weighted by Crippen LogP contribution is -2.35. The van der Waals surface area contributed by atoms with Crippen molar-refractivity contribution >= 4 is 23.4 Å². The lowest BCUT2D eigenvalue weighted by molar-refractivity contribution is -0.117. The van der Waals surface area contributed by atoms with Crippen molar-refractivity contribution < 1.29 is 9.21 Å². The Kier molecular flexibility index (Phi) is 4.74. The number of aryl methyl sites for hydroxylation is 2. The third-order valence-corrected chi connectivity index (χ3v) is 5.86. The first-order valence-corrected chi connectivity index (χ1v) is 9.88. The maximum Gasteiger partial charge on any atom is 0.277 e. The van der Waals surface area contributed by atoms with Crippen LogP contribution in [0.3, 0.4) is 0 Å². The van der Waals surface area contributed by atoms with E-state index in [1.54, 1.807) is 0 Å². The van der Waals surface area contributed by atoms with Gasteiger partial charge in [-0.2, -0.15) is 0 Å². The molecule has 1 atom stereocenters. The summed E-state index contributed by atoms with van der Waals surface area (Å²) in [6.45, 7) is 6.73. The number of benzene rings is 2. The zero-order valence-corrected chi connectivity index (χ0v) is 16.4. The van der Waals surface area contributed by atoms with Crippen LogP contribution in [0.1, 0.15) is 23.6 Å². The van der Waals surface area contributed by atoms with Gasteiger partial charge in [-0.1, -0.05) is 36.0 Å². The summed E-state index contributed by atoms with van der Waals surface area (Å²) in [5.41, 5.74) is 5.52. The number of amides is 1. The van der Waals surface area contributed by atoms with E-state index in [0.29, 0.717) is 11.1 Å². The minimum Gasteiger partial charge on any atom is -0.411 e. The van der Waals surface area contributed by atoms with Crippen LogP contribution in [0.25, 0.3) is 11.5 Å². The summed E-state index contributed by atoms with van der Waals surface area (Å²) in [6, 6.07) is 14.1. The minimum atomic E-state index is -0.302. The summed E-state index contributed by atoms with van der Waals surface area (Å²) < 4.78 is 5.79. The Balaban J connectivity index is 1.47. The number of fused-ring (bicyclic) bond motifs is 1. The number of thioether (sulfide) groups is 1. The summed E-state index contributed by atoms with van der Waals surface area (Å²) in [5, 5.41) is 8.37. The van der Waals surface area contributed by atoms with Gasteiger partial charge in [-0.25, -0.2) is 0 Å². The highest BCUT2D eigenvalue weighted by Crippen LogP contribution is 2.32. The molecule has 4 rings (SSSR count). The van der Waals surface area contributed by atoms with Crippen molar-refractivity contribution in [2.24, 2.45) is 0 Å². The van der Waals surface area contributed by atoms with Crippen molar-refractivity contribution in [2.45, 2.75) is 37.7 Å². The first-order chi connectivity index (χ1) is 13.0. The van der Waals surface area contributed by atoms with E-state index in [2.05, 4.69) is 30.1 Å². The first kappa shape index (κ1) is 17.8. The van der Waals surface area contributed by atoms with Gasteiger partial charge in [-0.3, -0.25) is 4.79 Å². The highest BCUT2D eigenvalue weighted by atomic mass is 32.2. The molecule has 6 heteroatoms. The Labute approximate surface area is 162 Å². The molecule has 0 spiro atoms. The molecule has 3 aromatic rings. The standard InChI is InChI=1S/C21H21N3O2S/c1-13-8-9-17(12-14(13)2)19-22-23-21(26-19)27-15(3)20(25)24-11-10-16-6-4-5-7-18(16)24/h4-9,12,15H,10-11H2,1-3H3/t15-/m1/s1. The fourth-order valence-corrected chi connectivity index (χ4v) is 3.98. The lowest BCUT2D eigenvalue weighted by atomic mass is 10.1. The largest absolute Gasteiger partial charge is 0.411 e. The van der Waals surface area contributed by atoms with E-state index in [0.717, 1.165) is 24.2 Å². The molecular formula is C21H21N3O2S. The molecule has 0 radical (unpaired) electrons. The molecule has 2 aromatic carbocycles. The van der Waals surface area contributed by atoms with E-state index in [1.165, 1.54) is 28.5 Å². The molecule has 1 aliphatic rings. The summed E-state index contributed by atoms with van der Waals surface area (Å²) in [7, 11) is 0. The molecule has 0 bridgehead atoms. The van der Waals surface area contributed by atoms with Gasteiger partial charge in [-0.05, 0) is 62.1 Å². The van der Waals surface area contributed by atoms with E-state index in [9.17, 15) is 4.79 Å². The molecule has 0 saturated carbocycles. The summed E-state index contributed by atoms with van der Waals surface area (Å²) in [5.74, 6) is 0.544. The van der Waals surface area contributed by atoms with Crippen LogP contribution in [0.15, 0.2) is 52.1 Å². The van der Waals surface area contributed by atoms with Crippen LogP contribution in [0.5, 0.6) is 0 Å². The Morgan fingerprint density at radius 2 is 1.96 bits per heavy atom. The molecule has 1 amide bonds. The number of hydrogen-bond donors (Lipinski definition) is 0. The Bertz CT molecular complexity index is 999. The number of rotatable bonds is 4. The van der Waals surface area contributed by atoms with Crippen LogP contribution in [-0.2, 0) is 11.2 Å². The minimum absolute atomic E-state index is 0.0656. The number of carbonyl (C=O) groups is 1. The quantitative estimate of drug-likeness (QED) is 0.628. The third kappa shape index (κ3) is 3.49. The van der Waals surface area contributed by atoms with Gasteiger partial charge in [0.2, 0.25) is 11.8 Å². The second kappa shape index (κ2) is 7.19. The second-order valence-electron chi connectivity index (χ2n) is 6.80. The smallest absolute Gasteiger partial charge is 0.277 e. The maximum atomic E-state index is 12.9. The van der Waals surface area contributed by atoms with Crippen molar-refractivity contribution in [3.05, 3.63) is 59.2 Å². The number of carbonyl (C=O) groups excluding carboxylic acids is 1. The molecule has 2 heterocycles. The molecule has 5 nitrogen and oxygen atoms in total. The van der Waals surface area contributed by atoms with Crippen molar-refractivity contribution in [2.75, 3.05) is 11.4 Å². The van der Waals surface area contributed by atoms with E-state index in [4.69, 9.17) is 4.42 Å². The SMILES string of the molecule is Cc1ccc(-c2nnc(S[C@H](C)C(=O)N3CCc4ccccc43)o2)cc1C. The molecule has 1 aromatic heterocycles. The van der Waals surface area contributed by atoms with Crippen molar-refractivity contribution in [1.82, 2.24) is 10.2 Å². The monoisotopic (exact) mass is 379 g/mol. The number of anilines is 1. The average Bonchev–Trinajstić information content (AvgIpc) is 3.30. The Morgan fingerprint density at radius 1 is 1.15 bits per heavy atom. The molecule has 0 saturated heterocycles. The molecule has 0 aliphatic carbocycles. The number of hydrogen-bond acceptors (Lipinski definition) is 5. The summed E-state index contributed by atoms with van der Waals surface area (Å²) in [6.07, 6.45) is 0.900. The maximum absolute atomic E-state index is 12.9. The fraction of sp³-hybridized carbons (Fsp3) is 0.286. The van der Waals surface area contributed by atoms with Gasteiger partial charge in [0.25, 0.3) is 5.22 Å². The van der Waals surface area contributed by atoms with Gasteiger partial charge in [0.15, 0.2) is 0 Å². The van der Waals surface area contributed by atoms with Gasteiger partial charge in [0.1, 0.15) is 0 Å². The van der Waals surface area contributed by atoms with Gasteiger partial charge >= 0.3 is 0 Å². The van der Waals surface area contributed by atoms with Crippen LogP contribution in [0.2, 0.25) is 0 Å². The zero-order valence-electron chi connectivity index (χ0n) is 15.6. The lowest BCUT2D eigenvalue weighted by Gasteiger charge is -2.20. The van der Waals surface area contributed by atoms with Gasteiger partial charge in [-0.15, -0.1) is 10.2 Å². The number of nitrogens with zero attached hydrogens (tertiary/aromatic N) is 3.